The number of hydrogen-bond donors (Lipinski definition) is 0. The molecule has 0 radical (unpaired) electrons. The standard InChI is InChI=1S/C15H28O/c1-7-9-10-11-14(8-2)16-15(12(3)4)13(5)6/h7-8,12-15H,1-2,9-11H2,3-6H3. The van der Waals surface area contributed by atoms with Gasteiger partial charge in [-0.05, 0) is 31.1 Å². The molecule has 0 heterocycles. The van der Waals surface area contributed by atoms with Gasteiger partial charge in [-0.25, -0.2) is 0 Å². The van der Waals surface area contributed by atoms with Gasteiger partial charge in [0.15, 0.2) is 0 Å². The van der Waals surface area contributed by atoms with Gasteiger partial charge >= 0.3 is 0 Å². The number of rotatable bonds is 9. The highest BCUT2D eigenvalue weighted by atomic mass is 16.5. The molecule has 0 saturated heterocycles. The van der Waals surface area contributed by atoms with Crippen LogP contribution >= 0.6 is 0 Å². The summed E-state index contributed by atoms with van der Waals surface area (Å²) in [6, 6.07) is 0. The van der Waals surface area contributed by atoms with Crippen molar-refractivity contribution in [3.05, 3.63) is 25.3 Å². The molecule has 94 valence electrons. The third-order valence-corrected chi connectivity index (χ3v) is 2.81. The summed E-state index contributed by atoms with van der Waals surface area (Å²) >= 11 is 0. The van der Waals surface area contributed by atoms with Crippen LogP contribution in [-0.2, 0) is 4.74 Å². The lowest BCUT2D eigenvalue weighted by Gasteiger charge is -2.29. The predicted molar refractivity (Wildman–Crippen MR) is 72.6 cm³/mol. The predicted octanol–water partition coefficient (Wildman–Crippen LogP) is 4.59. The van der Waals surface area contributed by atoms with E-state index in [4.69, 9.17) is 4.74 Å². The molecule has 0 bridgehead atoms. The van der Waals surface area contributed by atoms with Gasteiger partial charge in [0.1, 0.15) is 0 Å². The second-order valence-corrected chi connectivity index (χ2v) is 5.08. The molecule has 0 saturated carbocycles. The van der Waals surface area contributed by atoms with E-state index in [-0.39, 0.29) is 6.10 Å². The fourth-order valence-electron chi connectivity index (χ4n) is 1.99. The Morgan fingerprint density at radius 2 is 1.62 bits per heavy atom. The molecular weight excluding hydrogens is 196 g/mol. The van der Waals surface area contributed by atoms with Crippen molar-refractivity contribution in [2.45, 2.75) is 59.2 Å². The average Bonchev–Trinajstić information content (AvgIpc) is 2.22. The minimum absolute atomic E-state index is 0.190. The first-order valence-corrected chi connectivity index (χ1v) is 6.41. The van der Waals surface area contributed by atoms with Crippen LogP contribution in [0.1, 0.15) is 47.0 Å². The molecule has 0 aliphatic carbocycles. The highest BCUT2D eigenvalue weighted by Gasteiger charge is 2.20. The van der Waals surface area contributed by atoms with Crippen LogP contribution < -0.4 is 0 Å². The van der Waals surface area contributed by atoms with Gasteiger partial charge in [-0.15, -0.1) is 13.2 Å². The van der Waals surface area contributed by atoms with Crippen molar-refractivity contribution >= 4 is 0 Å². The molecule has 0 aromatic carbocycles. The van der Waals surface area contributed by atoms with Crippen LogP contribution in [-0.4, -0.2) is 12.2 Å². The second kappa shape index (κ2) is 8.58. The number of hydrogen-bond acceptors (Lipinski definition) is 1. The summed E-state index contributed by atoms with van der Waals surface area (Å²) in [4.78, 5) is 0. The van der Waals surface area contributed by atoms with Crippen molar-refractivity contribution < 1.29 is 4.74 Å². The van der Waals surface area contributed by atoms with E-state index < -0.39 is 0 Å². The summed E-state index contributed by atoms with van der Waals surface area (Å²) in [7, 11) is 0. The first-order valence-electron chi connectivity index (χ1n) is 6.41. The zero-order valence-corrected chi connectivity index (χ0v) is 11.4. The third-order valence-electron chi connectivity index (χ3n) is 2.81. The normalized spacial score (nSPS) is 13.4. The van der Waals surface area contributed by atoms with Gasteiger partial charge in [-0.2, -0.15) is 0 Å². The van der Waals surface area contributed by atoms with Crippen LogP contribution in [0.2, 0.25) is 0 Å². The average molecular weight is 224 g/mol. The Morgan fingerprint density at radius 3 is 2.00 bits per heavy atom. The zero-order valence-electron chi connectivity index (χ0n) is 11.4. The minimum atomic E-state index is 0.190. The maximum atomic E-state index is 6.12. The lowest BCUT2D eigenvalue weighted by molar-refractivity contribution is -0.0425. The monoisotopic (exact) mass is 224 g/mol. The van der Waals surface area contributed by atoms with Crippen LogP contribution in [0.5, 0.6) is 0 Å². The van der Waals surface area contributed by atoms with E-state index >= 15 is 0 Å². The molecule has 0 rings (SSSR count). The van der Waals surface area contributed by atoms with E-state index in [1.807, 2.05) is 12.2 Å². The summed E-state index contributed by atoms with van der Waals surface area (Å²) < 4.78 is 6.12. The Hall–Kier alpha value is -0.560. The van der Waals surface area contributed by atoms with E-state index in [1.54, 1.807) is 0 Å². The maximum Gasteiger partial charge on any atom is 0.0757 e. The molecule has 0 aromatic heterocycles. The minimum Gasteiger partial charge on any atom is -0.370 e. The Balaban J connectivity index is 4.15. The fraction of sp³-hybridized carbons (Fsp3) is 0.733. The summed E-state index contributed by atoms with van der Waals surface area (Å²) in [5, 5.41) is 0. The quantitative estimate of drug-likeness (QED) is 0.411. The molecular formula is C15H28O. The van der Waals surface area contributed by atoms with Crippen molar-refractivity contribution in [3.63, 3.8) is 0 Å². The van der Waals surface area contributed by atoms with Gasteiger partial charge in [-0.3, -0.25) is 0 Å². The largest absolute Gasteiger partial charge is 0.370 e. The first-order chi connectivity index (χ1) is 7.52. The lowest BCUT2D eigenvalue weighted by Crippen LogP contribution is -2.30. The second-order valence-electron chi connectivity index (χ2n) is 5.08. The van der Waals surface area contributed by atoms with E-state index in [1.165, 1.54) is 0 Å². The number of ether oxygens (including phenoxy) is 1. The number of allylic oxidation sites excluding steroid dienone is 1. The Bertz CT molecular complexity index is 186. The molecule has 0 N–H and O–H groups in total. The van der Waals surface area contributed by atoms with Crippen LogP contribution in [0.25, 0.3) is 0 Å². The van der Waals surface area contributed by atoms with E-state index in [0.29, 0.717) is 17.9 Å². The van der Waals surface area contributed by atoms with Gasteiger partial charge in [-0.1, -0.05) is 39.8 Å². The molecule has 0 aliphatic heterocycles. The van der Waals surface area contributed by atoms with Crippen molar-refractivity contribution in [2.75, 3.05) is 0 Å². The van der Waals surface area contributed by atoms with Crippen LogP contribution in [0.4, 0.5) is 0 Å². The van der Waals surface area contributed by atoms with Gasteiger partial charge in [0, 0.05) is 0 Å². The topological polar surface area (TPSA) is 9.23 Å². The van der Waals surface area contributed by atoms with E-state index in [0.717, 1.165) is 19.3 Å². The van der Waals surface area contributed by atoms with E-state index in [9.17, 15) is 0 Å². The van der Waals surface area contributed by atoms with Gasteiger partial charge in [0.2, 0.25) is 0 Å². The number of unbranched alkanes of at least 4 members (excludes halogenated alkanes) is 1. The summed E-state index contributed by atoms with van der Waals surface area (Å²) in [6.07, 6.45) is 7.64. The molecule has 0 aliphatic rings. The molecule has 16 heavy (non-hydrogen) atoms. The molecule has 1 unspecified atom stereocenters. The highest BCUT2D eigenvalue weighted by molar-refractivity contribution is 4.83. The smallest absolute Gasteiger partial charge is 0.0757 e. The summed E-state index contributed by atoms with van der Waals surface area (Å²) in [5.41, 5.74) is 0. The zero-order chi connectivity index (χ0) is 12.6. The van der Waals surface area contributed by atoms with Gasteiger partial charge in [0.05, 0.1) is 12.2 Å². The van der Waals surface area contributed by atoms with Crippen LogP contribution in [0.15, 0.2) is 25.3 Å². The van der Waals surface area contributed by atoms with Gasteiger partial charge in [0.25, 0.3) is 0 Å². The molecule has 0 amide bonds. The molecule has 1 atom stereocenters. The maximum absolute atomic E-state index is 6.12. The SMILES string of the molecule is C=CCCCC(C=C)OC(C(C)C)C(C)C. The van der Waals surface area contributed by atoms with Gasteiger partial charge < -0.3 is 4.74 Å². The molecule has 1 heteroatoms. The van der Waals surface area contributed by atoms with Crippen molar-refractivity contribution in [1.29, 1.82) is 0 Å². The molecule has 0 fully saturated rings. The Morgan fingerprint density at radius 1 is 1.06 bits per heavy atom. The highest BCUT2D eigenvalue weighted by Crippen LogP contribution is 2.20. The Labute approximate surface area is 102 Å². The van der Waals surface area contributed by atoms with Crippen molar-refractivity contribution in [3.8, 4) is 0 Å². The third kappa shape index (κ3) is 6.12. The summed E-state index contributed by atoms with van der Waals surface area (Å²) in [6.45, 7) is 16.5. The summed E-state index contributed by atoms with van der Waals surface area (Å²) in [5.74, 6) is 1.11. The molecule has 0 aromatic rings. The van der Waals surface area contributed by atoms with Crippen molar-refractivity contribution in [1.82, 2.24) is 0 Å². The lowest BCUT2D eigenvalue weighted by atomic mass is 9.96. The fourth-order valence-corrected chi connectivity index (χ4v) is 1.99. The van der Waals surface area contributed by atoms with E-state index in [2.05, 4.69) is 40.9 Å². The molecule has 0 spiro atoms. The Kier molecular flexibility index (Phi) is 8.28. The molecule has 1 nitrogen and oxygen atoms in total. The first kappa shape index (κ1) is 15.4. The van der Waals surface area contributed by atoms with Crippen molar-refractivity contribution in [2.24, 2.45) is 11.8 Å². The van der Waals surface area contributed by atoms with Crippen LogP contribution in [0, 0.1) is 11.8 Å². The van der Waals surface area contributed by atoms with Crippen LogP contribution in [0.3, 0.4) is 0 Å².